The molecule has 2 aliphatic heterocycles. The minimum absolute atomic E-state index is 0.0455. The first kappa shape index (κ1) is 16.1. The summed E-state index contributed by atoms with van der Waals surface area (Å²) in [7, 11) is 0. The third-order valence-corrected chi connectivity index (χ3v) is 4.84. The number of benzene rings is 1. The van der Waals surface area contributed by atoms with Gasteiger partial charge in [0.25, 0.3) is 5.91 Å². The second-order valence-corrected chi connectivity index (χ2v) is 6.68. The van der Waals surface area contributed by atoms with Gasteiger partial charge in [-0.2, -0.15) is 0 Å². The molecular weight excluding hydrogens is 343 g/mol. The van der Waals surface area contributed by atoms with E-state index in [1.807, 2.05) is 30.3 Å². The number of dihydropyridines is 1. The highest BCUT2D eigenvalue weighted by Gasteiger charge is 2.42. The largest absolute Gasteiger partial charge is 0.376 e. The molecule has 4 nitrogen and oxygen atoms in total. The molecule has 1 aromatic carbocycles. The standard InChI is InChI=1S/C19H16ClFN2O2/c20-15-7-6-14-8-12(17(15)21)9-16(22-14)18(24)23-19(10-25-11-19)13-4-2-1-3-5-13/h1-9,12,22H,10-11H2,(H,23,24). The molecule has 3 aliphatic rings. The van der Waals surface area contributed by atoms with E-state index in [-0.39, 0.29) is 10.9 Å². The van der Waals surface area contributed by atoms with Crippen LogP contribution in [0.25, 0.3) is 0 Å². The molecule has 1 unspecified atom stereocenters. The van der Waals surface area contributed by atoms with Crippen molar-refractivity contribution in [2.45, 2.75) is 5.54 Å². The second kappa shape index (κ2) is 6.17. The summed E-state index contributed by atoms with van der Waals surface area (Å²) in [5.41, 5.74) is 1.37. The fourth-order valence-corrected chi connectivity index (χ4v) is 3.29. The molecule has 0 aromatic heterocycles. The molecule has 128 valence electrons. The van der Waals surface area contributed by atoms with Crippen LogP contribution in [0.15, 0.2) is 76.9 Å². The average Bonchev–Trinajstić information content (AvgIpc) is 2.70. The van der Waals surface area contributed by atoms with Crippen molar-refractivity contribution in [2.75, 3.05) is 13.2 Å². The topological polar surface area (TPSA) is 50.4 Å². The van der Waals surface area contributed by atoms with E-state index >= 15 is 0 Å². The molecule has 1 aliphatic carbocycles. The Kier molecular flexibility index (Phi) is 3.98. The Bertz CT molecular complexity index is 838. The third kappa shape index (κ3) is 2.90. The second-order valence-electron chi connectivity index (χ2n) is 6.28. The highest BCUT2D eigenvalue weighted by atomic mass is 35.5. The highest BCUT2D eigenvalue weighted by Crippen LogP contribution is 2.32. The van der Waals surface area contributed by atoms with Gasteiger partial charge in [-0.3, -0.25) is 4.79 Å². The predicted octanol–water partition coefficient (Wildman–Crippen LogP) is 3.01. The first-order valence-electron chi connectivity index (χ1n) is 7.97. The number of hydrogen-bond acceptors (Lipinski definition) is 3. The van der Waals surface area contributed by atoms with Crippen molar-refractivity contribution in [3.8, 4) is 0 Å². The van der Waals surface area contributed by atoms with E-state index < -0.39 is 17.3 Å². The molecule has 4 rings (SSSR count). The molecule has 2 bridgehead atoms. The van der Waals surface area contributed by atoms with E-state index in [4.69, 9.17) is 16.3 Å². The Hall–Kier alpha value is -2.37. The summed E-state index contributed by atoms with van der Waals surface area (Å²) in [6.45, 7) is 0.810. The molecule has 6 heteroatoms. The zero-order chi connectivity index (χ0) is 17.4. The van der Waals surface area contributed by atoms with Crippen LogP contribution in [0.2, 0.25) is 0 Å². The van der Waals surface area contributed by atoms with Crippen molar-refractivity contribution in [3.63, 3.8) is 0 Å². The van der Waals surface area contributed by atoms with Crippen LogP contribution in [0.5, 0.6) is 0 Å². The fraction of sp³-hybridized carbons (Fsp3) is 0.211. The van der Waals surface area contributed by atoms with Gasteiger partial charge in [0.15, 0.2) is 0 Å². The number of carbonyl (C=O) groups excluding carboxylic acids is 1. The number of rotatable bonds is 3. The molecule has 1 fully saturated rings. The number of ether oxygens (including phenoxy) is 1. The number of nitrogens with one attached hydrogen (secondary N) is 2. The SMILES string of the molecule is O=C(NC1(c2ccccc2)COC1)C1=CC2C=C(C=CC(Cl)=C2F)N1. The first-order chi connectivity index (χ1) is 12.1. The van der Waals surface area contributed by atoms with Gasteiger partial charge in [0.1, 0.15) is 17.1 Å². The number of fused-ring (bicyclic) bond motifs is 1. The summed E-state index contributed by atoms with van der Waals surface area (Å²) in [4.78, 5) is 12.8. The summed E-state index contributed by atoms with van der Waals surface area (Å²) in [6, 6.07) is 9.68. The summed E-state index contributed by atoms with van der Waals surface area (Å²) in [6.07, 6.45) is 6.37. The molecule has 1 aromatic rings. The van der Waals surface area contributed by atoms with E-state index in [0.29, 0.717) is 24.6 Å². The quantitative estimate of drug-likeness (QED) is 0.873. The Balaban J connectivity index is 1.58. The van der Waals surface area contributed by atoms with E-state index in [2.05, 4.69) is 10.6 Å². The van der Waals surface area contributed by atoms with Gasteiger partial charge in [0.05, 0.1) is 24.2 Å². The van der Waals surface area contributed by atoms with Crippen LogP contribution in [0, 0.1) is 5.92 Å². The normalized spacial score (nSPS) is 23.7. The molecule has 1 amide bonds. The van der Waals surface area contributed by atoms with Gasteiger partial charge in [0, 0.05) is 5.70 Å². The average molecular weight is 359 g/mol. The first-order valence-corrected chi connectivity index (χ1v) is 8.35. The van der Waals surface area contributed by atoms with Crippen LogP contribution in [-0.2, 0) is 15.1 Å². The number of hydrogen-bond donors (Lipinski definition) is 2. The van der Waals surface area contributed by atoms with Crippen molar-refractivity contribution in [1.29, 1.82) is 0 Å². The lowest BCUT2D eigenvalue weighted by atomic mass is 9.87. The van der Waals surface area contributed by atoms with E-state index in [9.17, 15) is 9.18 Å². The summed E-state index contributed by atoms with van der Waals surface area (Å²) < 4.78 is 19.6. The smallest absolute Gasteiger partial charge is 0.268 e. The molecule has 0 radical (unpaired) electrons. The van der Waals surface area contributed by atoms with Crippen LogP contribution in [0.1, 0.15) is 5.56 Å². The van der Waals surface area contributed by atoms with Crippen molar-refractivity contribution in [2.24, 2.45) is 5.92 Å². The van der Waals surface area contributed by atoms with Gasteiger partial charge >= 0.3 is 0 Å². The molecule has 2 N–H and O–H groups in total. The number of amides is 1. The molecule has 2 heterocycles. The minimum Gasteiger partial charge on any atom is -0.376 e. The number of carbonyl (C=O) groups is 1. The lowest BCUT2D eigenvalue weighted by Gasteiger charge is -2.42. The van der Waals surface area contributed by atoms with E-state index in [0.717, 1.165) is 5.56 Å². The maximum Gasteiger partial charge on any atom is 0.268 e. The van der Waals surface area contributed by atoms with Gasteiger partial charge in [-0.05, 0) is 29.9 Å². The van der Waals surface area contributed by atoms with Gasteiger partial charge in [-0.25, -0.2) is 4.39 Å². The lowest BCUT2D eigenvalue weighted by molar-refractivity contribution is -0.130. The predicted molar refractivity (Wildman–Crippen MR) is 93.0 cm³/mol. The van der Waals surface area contributed by atoms with Crippen LogP contribution in [0.4, 0.5) is 4.39 Å². The summed E-state index contributed by atoms with van der Waals surface area (Å²) >= 11 is 5.89. The van der Waals surface area contributed by atoms with Crippen molar-refractivity contribution < 1.29 is 13.9 Å². The number of halogens is 2. The Morgan fingerprint density at radius 2 is 2.00 bits per heavy atom. The molecule has 0 saturated carbocycles. The maximum absolute atomic E-state index is 14.3. The van der Waals surface area contributed by atoms with Crippen LogP contribution < -0.4 is 10.6 Å². The highest BCUT2D eigenvalue weighted by molar-refractivity contribution is 6.31. The van der Waals surface area contributed by atoms with Gasteiger partial charge in [-0.15, -0.1) is 0 Å². The van der Waals surface area contributed by atoms with E-state index in [1.165, 1.54) is 6.08 Å². The molecule has 1 atom stereocenters. The van der Waals surface area contributed by atoms with Crippen LogP contribution in [-0.4, -0.2) is 19.1 Å². The minimum atomic E-state index is -0.648. The van der Waals surface area contributed by atoms with Crippen molar-refractivity contribution in [1.82, 2.24) is 10.6 Å². The van der Waals surface area contributed by atoms with Crippen molar-refractivity contribution >= 4 is 17.5 Å². The van der Waals surface area contributed by atoms with Gasteiger partial charge in [-0.1, -0.05) is 41.9 Å². The maximum atomic E-state index is 14.3. The Morgan fingerprint density at radius 3 is 2.68 bits per heavy atom. The van der Waals surface area contributed by atoms with Crippen LogP contribution >= 0.6 is 11.6 Å². The monoisotopic (exact) mass is 358 g/mol. The van der Waals surface area contributed by atoms with E-state index in [1.54, 1.807) is 18.2 Å². The fourth-order valence-electron chi connectivity index (χ4n) is 3.10. The summed E-state index contributed by atoms with van der Waals surface area (Å²) in [5.74, 6) is -1.42. The zero-order valence-corrected chi connectivity index (χ0v) is 14.0. The Morgan fingerprint density at radius 1 is 1.24 bits per heavy atom. The molecule has 0 spiro atoms. The molecule has 25 heavy (non-hydrogen) atoms. The van der Waals surface area contributed by atoms with Gasteiger partial charge in [0.2, 0.25) is 0 Å². The number of allylic oxidation sites excluding steroid dienone is 6. The molecule has 1 saturated heterocycles. The third-order valence-electron chi connectivity index (χ3n) is 4.54. The van der Waals surface area contributed by atoms with Crippen molar-refractivity contribution in [3.05, 3.63) is 82.5 Å². The Labute approximate surface area is 149 Å². The van der Waals surface area contributed by atoms with Crippen LogP contribution in [0.3, 0.4) is 0 Å². The van der Waals surface area contributed by atoms with Gasteiger partial charge < -0.3 is 15.4 Å². The zero-order valence-electron chi connectivity index (χ0n) is 13.3. The molecular formula is C19H16ClFN2O2. The summed E-state index contributed by atoms with van der Waals surface area (Å²) in [5, 5.41) is 6.10. The lowest BCUT2D eigenvalue weighted by Crippen LogP contribution is -2.60.